The number of thiophene rings is 1. The SMILES string of the molecule is Cc1ccc(C(O)c2c(Cl)cnn2C)s1. The summed E-state index contributed by atoms with van der Waals surface area (Å²) < 4.78 is 1.60. The van der Waals surface area contributed by atoms with Gasteiger partial charge in [-0.2, -0.15) is 5.10 Å². The molecule has 0 fully saturated rings. The third-order valence-electron chi connectivity index (χ3n) is 2.23. The molecule has 15 heavy (non-hydrogen) atoms. The molecule has 0 saturated carbocycles. The van der Waals surface area contributed by atoms with Gasteiger partial charge >= 0.3 is 0 Å². The Morgan fingerprint density at radius 3 is 2.73 bits per heavy atom. The Kier molecular flexibility index (Phi) is 2.82. The first kappa shape index (κ1) is 10.7. The summed E-state index contributed by atoms with van der Waals surface area (Å²) >= 11 is 7.52. The summed E-state index contributed by atoms with van der Waals surface area (Å²) in [6.45, 7) is 2.01. The van der Waals surface area contributed by atoms with E-state index in [1.807, 2.05) is 19.1 Å². The Bertz CT molecular complexity index is 458. The van der Waals surface area contributed by atoms with Crippen molar-refractivity contribution in [2.45, 2.75) is 13.0 Å². The highest BCUT2D eigenvalue weighted by atomic mass is 35.5. The zero-order valence-corrected chi connectivity index (χ0v) is 10.0. The van der Waals surface area contributed by atoms with E-state index in [2.05, 4.69) is 5.10 Å². The summed E-state index contributed by atoms with van der Waals surface area (Å²) in [6, 6.07) is 3.89. The average Bonchev–Trinajstić information content (AvgIpc) is 2.73. The third-order valence-corrected chi connectivity index (χ3v) is 3.57. The minimum absolute atomic E-state index is 0.496. The number of aryl methyl sites for hydroxylation is 2. The normalized spacial score (nSPS) is 13.1. The van der Waals surface area contributed by atoms with Crippen molar-refractivity contribution in [1.29, 1.82) is 0 Å². The van der Waals surface area contributed by atoms with Crippen LogP contribution in [0.5, 0.6) is 0 Å². The standard InChI is InChI=1S/C10H11ClN2OS/c1-6-3-4-8(15-6)10(14)9-7(11)5-12-13(9)2/h3-5,10,14H,1-2H3. The Balaban J connectivity index is 2.40. The monoisotopic (exact) mass is 242 g/mol. The van der Waals surface area contributed by atoms with E-state index in [0.29, 0.717) is 10.7 Å². The molecule has 2 rings (SSSR count). The quantitative estimate of drug-likeness (QED) is 0.879. The van der Waals surface area contributed by atoms with Crippen LogP contribution in [0.1, 0.15) is 21.6 Å². The van der Waals surface area contributed by atoms with Gasteiger partial charge in [0.05, 0.1) is 16.9 Å². The number of nitrogens with zero attached hydrogens (tertiary/aromatic N) is 2. The molecule has 0 bridgehead atoms. The molecule has 0 spiro atoms. The van der Waals surface area contributed by atoms with Crippen LogP contribution >= 0.6 is 22.9 Å². The Morgan fingerprint density at radius 1 is 1.53 bits per heavy atom. The highest BCUT2D eigenvalue weighted by Crippen LogP contribution is 2.31. The van der Waals surface area contributed by atoms with Gasteiger partial charge < -0.3 is 5.11 Å². The van der Waals surface area contributed by atoms with Gasteiger partial charge in [-0.25, -0.2) is 0 Å². The van der Waals surface area contributed by atoms with Crippen LogP contribution in [0.4, 0.5) is 0 Å². The molecule has 0 amide bonds. The fourth-order valence-corrected chi connectivity index (χ4v) is 2.60. The molecule has 0 aliphatic carbocycles. The van der Waals surface area contributed by atoms with Crippen LogP contribution in [0, 0.1) is 6.92 Å². The smallest absolute Gasteiger partial charge is 0.131 e. The van der Waals surface area contributed by atoms with E-state index in [4.69, 9.17) is 11.6 Å². The number of aromatic nitrogens is 2. The fraction of sp³-hybridized carbons (Fsp3) is 0.300. The highest BCUT2D eigenvalue weighted by Gasteiger charge is 2.19. The molecule has 0 radical (unpaired) electrons. The van der Waals surface area contributed by atoms with Crippen LogP contribution in [-0.2, 0) is 7.05 Å². The van der Waals surface area contributed by atoms with Gasteiger partial charge in [0.2, 0.25) is 0 Å². The number of rotatable bonds is 2. The molecule has 1 atom stereocenters. The molecule has 1 N–H and O–H groups in total. The molecule has 2 aromatic heterocycles. The Hall–Kier alpha value is -0.840. The summed E-state index contributed by atoms with van der Waals surface area (Å²) in [7, 11) is 1.77. The predicted octanol–water partition coefficient (Wildman–Crippen LogP) is 2.53. The summed E-state index contributed by atoms with van der Waals surface area (Å²) in [5.74, 6) is 0. The maximum absolute atomic E-state index is 10.1. The van der Waals surface area contributed by atoms with Crippen LogP contribution in [0.25, 0.3) is 0 Å². The lowest BCUT2D eigenvalue weighted by atomic mass is 10.2. The van der Waals surface area contributed by atoms with E-state index in [1.54, 1.807) is 29.3 Å². The van der Waals surface area contributed by atoms with E-state index in [1.165, 1.54) is 4.88 Å². The highest BCUT2D eigenvalue weighted by molar-refractivity contribution is 7.12. The molecule has 0 aliphatic rings. The molecule has 5 heteroatoms. The summed E-state index contributed by atoms with van der Waals surface area (Å²) in [4.78, 5) is 2.06. The maximum Gasteiger partial charge on any atom is 0.131 e. The molecule has 1 unspecified atom stereocenters. The van der Waals surface area contributed by atoms with Gasteiger partial charge in [-0.1, -0.05) is 11.6 Å². The lowest BCUT2D eigenvalue weighted by molar-refractivity contribution is 0.213. The maximum atomic E-state index is 10.1. The van der Waals surface area contributed by atoms with E-state index in [0.717, 1.165) is 4.88 Å². The summed E-state index contributed by atoms with van der Waals surface area (Å²) in [5.41, 5.74) is 0.638. The summed E-state index contributed by atoms with van der Waals surface area (Å²) in [5, 5.41) is 14.6. The first-order valence-corrected chi connectivity index (χ1v) is 5.71. The van der Waals surface area contributed by atoms with Gasteiger partial charge in [-0.3, -0.25) is 4.68 Å². The first-order chi connectivity index (χ1) is 7.09. The Labute approximate surface area is 96.9 Å². The van der Waals surface area contributed by atoms with Crippen molar-refractivity contribution in [1.82, 2.24) is 9.78 Å². The lowest BCUT2D eigenvalue weighted by Crippen LogP contribution is -2.05. The van der Waals surface area contributed by atoms with E-state index in [9.17, 15) is 5.11 Å². The van der Waals surface area contributed by atoms with E-state index in [-0.39, 0.29) is 0 Å². The minimum Gasteiger partial charge on any atom is -0.381 e. The number of aliphatic hydroxyl groups excluding tert-OH is 1. The zero-order valence-electron chi connectivity index (χ0n) is 8.44. The second kappa shape index (κ2) is 3.96. The summed E-state index contributed by atoms with van der Waals surface area (Å²) in [6.07, 6.45) is 0.851. The molecule has 0 aromatic carbocycles. The lowest BCUT2D eigenvalue weighted by Gasteiger charge is -2.09. The number of halogens is 1. The van der Waals surface area contributed by atoms with Crippen molar-refractivity contribution in [2.75, 3.05) is 0 Å². The molecule has 3 nitrogen and oxygen atoms in total. The van der Waals surface area contributed by atoms with E-state index >= 15 is 0 Å². The second-order valence-electron chi connectivity index (χ2n) is 3.35. The number of hydrogen-bond donors (Lipinski definition) is 1. The number of hydrogen-bond acceptors (Lipinski definition) is 3. The Morgan fingerprint density at radius 2 is 2.27 bits per heavy atom. The van der Waals surface area contributed by atoms with Crippen LogP contribution in [0.2, 0.25) is 5.02 Å². The molecule has 2 heterocycles. The van der Waals surface area contributed by atoms with Crippen molar-refractivity contribution < 1.29 is 5.11 Å². The van der Waals surface area contributed by atoms with Gasteiger partial charge in [0.1, 0.15) is 6.10 Å². The molecule has 0 saturated heterocycles. The largest absolute Gasteiger partial charge is 0.381 e. The fourth-order valence-electron chi connectivity index (χ4n) is 1.46. The van der Waals surface area contributed by atoms with Crippen molar-refractivity contribution in [3.8, 4) is 0 Å². The van der Waals surface area contributed by atoms with Gasteiger partial charge in [0.15, 0.2) is 0 Å². The van der Waals surface area contributed by atoms with Crippen LogP contribution in [0.15, 0.2) is 18.3 Å². The van der Waals surface area contributed by atoms with E-state index < -0.39 is 6.10 Å². The van der Waals surface area contributed by atoms with Gasteiger partial charge in [-0.15, -0.1) is 11.3 Å². The van der Waals surface area contributed by atoms with Gasteiger partial charge in [0.25, 0.3) is 0 Å². The third kappa shape index (κ3) is 1.93. The van der Waals surface area contributed by atoms with Crippen molar-refractivity contribution in [3.05, 3.63) is 38.8 Å². The topological polar surface area (TPSA) is 38.1 Å². The van der Waals surface area contributed by atoms with Crippen molar-refractivity contribution in [3.63, 3.8) is 0 Å². The number of aliphatic hydroxyl groups is 1. The first-order valence-electron chi connectivity index (χ1n) is 4.51. The van der Waals surface area contributed by atoms with Gasteiger partial charge in [0, 0.05) is 16.8 Å². The van der Waals surface area contributed by atoms with Crippen LogP contribution in [-0.4, -0.2) is 14.9 Å². The average molecular weight is 243 g/mol. The van der Waals surface area contributed by atoms with Crippen LogP contribution in [0.3, 0.4) is 0 Å². The van der Waals surface area contributed by atoms with Crippen molar-refractivity contribution >= 4 is 22.9 Å². The molecule has 80 valence electrons. The molecule has 2 aromatic rings. The van der Waals surface area contributed by atoms with Crippen molar-refractivity contribution in [2.24, 2.45) is 7.05 Å². The molecule has 0 aliphatic heterocycles. The minimum atomic E-state index is -0.691. The van der Waals surface area contributed by atoms with Crippen LogP contribution < -0.4 is 0 Å². The van der Waals surface area contributed by atoms with Gasteiger partial charge in [-0.05, 0) is 19.1 Å². The predicted molar refractivity (Wildman–Crippen MR) is 61.3 cm³/mol. The molecular weight excluding hydrogens is 232 g/mol. The second-order valence-corrected chi connectivity index (χ2v) is 5.08. The zero-order chi connectivity index (χ0) is 11.0. The molecular formula is C10H11ClN2OS.